The minimum absolute atomic E-state index is 0.141. The molecule has 1 saturated carbocycles. The minimum atomic E-state index is -0.141. The van der Waals surface area contributed by atoms with E-state index in [-0.39, 0.29) is 5.82 Å². The Bertz CT molecular complexity index is 431. The molecule has 0 amide bonds. The predicted octanol–water partition coefficient (Wildman–Crippen LogP) is 3.04. The van der Waals surface area contributed by atoms with Crippen LogP contribution < -0.4 is 10.2 Å². The summed E-state index contributed by atoms with van der Waals surface area (Å²) in [6.07, 6.45) is 4.02. The number of halogens is 1. The molecule has 1 aliphatic carbocycles. The average molecular weight is 262 g/mol. The Kier molecular flexibility index (Phi) is 3.74. The van der Waals surface area contributed by atoms with E-state index >= 15 is 0 Å². The van der Waals surface area contributed by atoms with Gasteiger partial charge in [-0.25, -0.2) is 4.39 Å². The van der Waals surface area contributed by atoms with Crippen LogP contribution in [0, 0.1) is 17.7 Å². The van der Waals surface area contributed by atoms with Crippen molar-refractivity contribution < 1.29 is 4.39 Å². The molecule has 2 atom stereocenters. The first-order chi connectivity index (χ1) is 9.20. The first-order valence-electron chi connectivity index (χ1n) is 7.44. The zero-order chi connectivity index (χ0) is 13.2. The summed E-state index contributed by atoms with van der Waals surface area (Å²) in [7, 11) is 0. The number of piperidine rings is 1. The summed E-state index contributed by atoms with van der Waals surface area (Å²) in [5.74, 6) is 1.44. The normalized spacial score (nSPS) is 27.6. The van der Waals surface area contributed by atoms with Crippen molar-refractivity contribution in [2.45, 2.75) is 32.2 Å². The highest BCUT2D eigenvalue weighted by Gasteiger charge is 2.27. The maximum atomic E-state index is 13.3. The lowest BCUT2D eigenvalue weighted by molar-refractivity contribution is 0.347. The highest BCUT2D eigenvalue weighted by atomic mass is 19.1. The van der Waals surface area contributed by atoms with Crippen LogP contribution in [0.1, 0.15) is 26.2 Å². The monoisotopic (exact) mass is 262 g/mol. The Labute approximate surface area is 115 Å². The van der Waals surface area contributed by atoms with Crippen molar-refractivity contribution >= 4 is 5.69 Å². The van der Waals surface area contributed by atoms with Gasteiger partial charge >= 0.3 is 0 Å². The topological polar surface area (TPSA) is 15.3 Å². The second-order valence-corrected chi connectivity index (χ2v) is 6.27. The van der Waals surface area contributed by atoms with Crippen LogP contribution in [-0.2, 0) is 0 Å². The second kappa shape index (κ2) is 5.49. The molecule has 3 heteroatoms. The van der Waals surface area contributed by atoms with Gasteiger partial charge in [-0.3, -0.25) is 0 Å². The molecule has 1 aliphatic heterocycles. The number of nitrogens with zero attached hydrogens (tertiary/aromatic N) is 1. The number of rotatable bonds is 4. The fraction of sp³-hybridized carbons (Fsp3) is 0.625. The smallest absolute Gasteiger partial charge is 0.125 e. The van der Waals surface area contributed by atoms with E-state index in [9.17, 15) is 4.39 Å². The van der Waals surface area contributed by atoms with Gasteiger partial charge in [0, 0.05) is 24.8 Å². The van der Waals surface area contributed by atoms with Crippen LogP contribution in [0.2, 0.25) is 0 Å². The fourth-order valence-corrected chi connectivity index (χ4v) is 3.04. The second-order valence-electron chi connectivity index (χ2n) is 6.27. The van der Waals surface area contributed by atoms with Gasteiger partial charge in [0.2, 0.25) is 0 Å². The maximum absolute atomic E-state index is 13.3. The molecule has 2 aliphatic rings. The number of benzene rings is 1. The SMILES string of the molecule is CC1CC(NCC2CC2)CN(c2cccc(F)c2)C1. The van der Waals surface area contributed by atoms with Crippen molar-refractivity contribution in [1.82, 2.24) is 5.32 Å². The maximum Gasteiger partial charge on any atom is 0.125 e. The van der Waals surface area contributed by atoms with Gasteiger partial charge < -0.3 is 10.2 Å². The van der Waals surface area contributed by atoms with Crippen molar-refractivity contribution in [2.75, 3.05) is 24.5 Å². The molecule has 2 nitrogen and oxygen atoms in total. The third-order valence-corrected chi connectivity index (χ3v) is 4.23. The number of nitrogens with one attached hydrogen (secondary N) is 1. The quantitative estimate of drug-likeness (QED) is 0.897. The van der Waals surface area contributed by atoms with Crippen LogP contribution >= 0.6 is 0 Å². The van der Waals surface area contributed by atoms with E-state index in [1.165, 1.54) is 25.3 Å². The Morgan fingerprint density at radius 2 is 2.16 bits per heavy atom. The van der Waals surface area contributed by atoms with Gasteiger partial charge in [-0.15, -0.1) is 0 Å². The summed E-state index contributed by atoms with van der Waals surface area (Å²) in [6, 6.07) is 7.53. The summed E-state index contributed by atoms with van der Waals surface area (Å²) >= 11 is 0. The summed E-state index contributed by atoms with van der Waals surface area (Å²) in [5.41, 5.74) is 1.02. The van der Waals surface area contributed by atoms with Gasteiger partial charge in [0.05, 0.1) is 0 Å². The van der Waals surface area contributed by atoms with Crippen LogP contribution in [0.5, 0.6) is 0 Å². The third-order valence-electron chi connectivity index (χ3n) is 4.23. The first-order valence-corrected chi connectivity index (χ1v) is 7.44. The summed E-state index contributed by atoms with van der Waals surface area (Å²) < 4.78 is 13.3. The molecule has 2 unspecified atom stereocenters. The first kappa shape index (κ1) is 12.9. The van der Waals surface area contributed by atoms with Crippen molar-refractivity contribution in [3.8, 4) is 0 Å². The Morgan fingerprint density at radius 3 is 2.89 bits per heavy atom. The molecule has 1 saturated heterocycles. The molecule has 1 aromatic rings. The van der Waals surface area contributed by atoms with Crippen LogP contribution in [0.15, 0.2) is 24.3 Å². The predicted molar refractivity (Wildman–Crippen MR) is 76.9 cm³/mol. The lowest BCUT2D eigenvalue weighted by Crippen LogP contribution is -2.49. The summed E-state index contributed by atoms with van der Waals surface area (Å²) in [5, 5.41) is 3.69. The van der Waals surface area contributed by atoms with Crippen LogP contribution in [0.25, 0.3) is 0 Å². The molecule has 2 fully saturated rings. The van der Waals surface area contributed by atoms with Gasteiger partial charge in [0.25, 0.3) is 0 Å². The van der Waals surface area contributed by atoms with E-state index in [1.54, 1.807) is 12.1 Å². The highest BCUT2D eigenvalue weighted by Crippen LogP contribution is 2.29. The average Bonchev–Trinajstić information content (AvgIpc) is 3.20. The molecule has 1 aromatic carbocycles. The Balaban J connectivity index is 1.63. The zero-order valence-electron chi connectivity index (χ0n) is 11.6. The van der Waals surface area contributed by atoms with Gasteiger partial charge in [-0.1, -0.05) is 13.0 Å². The third kappa shape index (κ3) is 3.47. The van der Waals surface area contributed by atoms with Crippen molar-refractivity contribution in [3.05, 3.63) is 30.1 Å². The van der Waals surface area contributed by atoms with E-state index in [2.05, 4.69) is 17.1 Å². The summed E-state index contributed by atoms with van der Waals surface area (Å²) in [4.78, 5) is 2.32. The van der Waals surface area contributed by atoms with E-state index in [4.69, 9.17) is 0 Å². The zero-order valence-corrected chi connectivity index (χ0v) is 11.6. The fourth-order valence-electron chi connectivity index (χ4n) is 3.04. The molecule has 1 N–H and O–H groups in total. The molecule has 1 heterocycles. The van der Waals surface area contributed by atoms with Crippen LogP contribution in [0.4, 0.5) is 10.1 Å². The van der Waals surface area contributed by atoms with Crippen LogP contribution in [-0.4, -0.2) is 25.7 Å². The van der Waals surface area contributed by atoms with E-state index in [1.807, 2.05) is 6.07 Å². The van der Waals surface area contributed by atoms with Crippen LogP contribution in [0.3, 0.4) is 0 Å². The number of anilines is 1. The largest absolute Gasteiger partial charge is 0.370 e. The molecule has 0 radical (unpaired) electrons. The molecule has 0 aromatic heterocycles. The standard InChI is InChI=1S/C16H23FN2/c1-12-7-15(18-9-13-5-6-13)11-19(10-12)16-4-2-3-14(17)8-16/h2-4,8,12-13,15,18H,5-7,9-11H2,1H3. The molecular weight excluding hydrogens is 239 g/mol. The van der Waals surface area contributed by atoms with Crippen molar-refractivity contribution in [1.29, 1.82) is 0 Å². The van der Waals surface area contributed by atoms with E-state index < -0.39 is 0 Å². The highest BCUT2D eigenvalue weighted by molar-refractivity contribution is 5.47. The lowest BCUT2D eigenvalue weighted by Gasteiger charge is -2.38. The van der Waals surface area contributed by atoms with Gasteiger partial charge in [-0.05, 0) is 55.8 Å². The van der Waals surface area contributed by atoms with Gasteiger partial charge in [0.15, 0.2) is 0 Å². The van der Waals surface area contributed by atoms with Crippen molar-refractivity contribution in [2.24, 2.45) is 11.8 Å². The molecule has 104 valence electrons. The number of hydrogen-bond acceptors (Lipinski definition) is 2. The van der Waals surface area contributed by atoms with Gasteiger partial charge in [0.1, 0.15) is 5.82 Å². The molecule has 0 spiro atoms. The molecule has 19 heavy (non-hydrogen) atoms. The van der Waals surface area contributed by atoms with Gasteiger partial charge in [-0.2, -0.15) is 0 Å². The van der Waals surface area contributed by atoms with E-state index in [0.29, 0.717) is 12.0 Å². The lowest BCUT2D eigenvalue weighted by atomic mass is 9.95. The summed E-state index contributed by atoms with van der Waals surface area (Å²) in [6.45, 7) is 5.48. The van der Waals surface area contributed by atoms with E-state index in [0.717, 1.165) is 31.2 Å². The Morgan fingerprint density at radius 1 is 1.32 bits per heavy atom. The molecular formula is C16H23FN2. The molecule has 3 rings (SSSR count). The van der Waals surface area contributed by atoms with Crippen molar-refractivity contribution in [3.63, 3.8) is 0 Å². The Hall–Kier alpha value is -1.09. The molecule has 0 bridgehead atoms. The number of hydrogen-bond donors (Lipinski definition) is 1. The minimum Gasteiger partial charge on any atom is -0.370 e.